The highest BCUT2D eigenvalue weighted by atomic mass is 16.5. The summed E-state index contributed by atoms with van der Waals surface area (Å²) in [6.07, 6.45) is 3.85. The molecule has 1 fully saturated rings. The Morgan fingerprint density at radius 3 is 2.55 bits per heavy atom. The molecule has 2 N–H and O–H groups in total. The summed E-state index contributed by atoms with van der Waals surface area (Å²) in [5, 5.41) is 0. The lowest BCUT2D eigenvalue weighted by atomic mass is 9.82. The summed E-state index contributed by atoms with van der Waals surface area (Å²) in [7, 11) is 1.77. The van der Waals surface area contributed by atoms with Crippen molar-refractivity contribution in [3.05, 3.63) is 0 Å². The lowest BCUT2D eigenvalue weighted by Crippen LogP contribution is -2.28. The quantitative estimate of drug-likeness (QED) is 0.654. The molecule has 0 heterocycles. The zero-order valence-corrected chi connectivity index (χ0v) is 7.60. The minimum Gasteiger partial charge on any atom is -0.384 e. The van der Waals surface area contributed by atoms with Crippen LogP contribution >= 0.6 is 0 Å². The molecule has 0 amide bonds. The number of nitrogens with two attached hydrogens (primary N) is 1. The molecule has 1 atom stereocenters. The first kappa shape index (κ1) is 9.01. The molecule has 0 spiro atoms. The Morgan fingerprint density at radius 2 is 2.18 bits per heavy atom. The first-order valence-corrected chi connectivity index (χ1v) is 4.42. The molecule has 0 radical (unpaired) electrons. The van der Waals surface area contributed by atoms with E-state index in [1.165, 1.54) is 12.8 Å². The molecule has 1 unspecified atom stereocenters. The topological polar surface area (TPSA) is 35.2 Å². The van der Waals surface area contributed by atoms with Crippen LogP contribution in [-0.2, 0) is 4.74 Å². The Labute approximate surface area is 69.1 Å². The van der Waals surface area contributed by atoms with E-state index in [-0.39, 0.29) is 0 Å². The van der Waals surface area contributed by atoms with Gasteiger partial charge in [0.2, 0.25) is 0 Å². The van der Waals surface area contributed by atoms with Crippen molar-refractivity contribution in [3.8, 4) is 0 Å². The van der Waals surface area contributed by atoms with Crippen molar-refractivity contribution in [2.75, 3.05) is 20.3 Å². The maximum absolute atomic E-state index is 5.55. The number of methoxy groups -OCH3 is 1. The summed E-state index contributed by atoms with van der Waals surface area (Å²) in [4.78, 5) is 0. The van der Waals surface area contributed by atoms with E-state index >= 15 is 0 Å². The van der Waals surface area contributed by atoms with Crippen LogP contribution < -0.4 is 5.73 Å². The highest BCUT2D eigenvalue weighted by Crippen LogP contribution is 2.47. The molecule has 0 bridgehead atoms. The Kier molecular flexibility index (Phi) is 2.90. The minimum absolute atomic E-state index is 0.365. The van der Waals surface area contributed by atoms with Gasteiger partial charge in [-0.05, 0) is 37.1 Å². The van der Waals surface area contributed by atoms with Crippen molar-refractivity contribution in [2.24, 2.45) is 17.1 Å². The summed E-state index contributed by atoms with van der Waals surface area (Å²) >= 11 is 0. The molecule has 0 aromatic heterocycles. The fourth-order valence-electron chi connectivity index (χ4n) is 1.83. The van der Waals surface area contributed by atoms with Crippen molar-refractivity contribution >= 4 is 0 Å². The van der Waals surface area contributed by atoms with E-state index in [9.17, 15) is 0 Å². The van der Waals surface area contributed by atoms with Crippen LogP contribution in [0.3, 0.4) is 0 Å². The minimum atomic E-state index is 0.365. The predicted octanol–water partition coefficient (Wildman–Crippen LogP) is 1.40. The summed E-state index contributed by atoms with van der Waals surface area (Å²) in [6, 6.07) is 0. The van der Waals surface area contributed by atoms with Crippen molar-refractivity contribution in [1.29, 1.82) is 0 Å². The molecule has 2 heteroatoms. The number of rotatable bonds is 5. The van der Waals surface area contributed by atoms with Gasteiger partial charge in [0.15, 0.2) is 0 Å². The third-order valence-corrected chi connectivity index (χ3v) is 2.75. The van der Waals surface area contributed by atoms with Gasteiger partial charge in [0.1, 0.15) is 0 Å². The predicted molar refractivity (Wildman–Crippen MR) is 46.4 cm³/mol. The third kappa shape index (κ3) is 2.17. The summed E-state index contributed by atoms with van der Waals surface area (Å²) in [5.41, 5.74) is 5.92. The molecule has 66 valence electrons. The van der Waals surface area contributed by atoms with E-state index in [0.717, 1.165) is 25.5 Å². The standard InChI is InChI=1S/C9H19NO/c1-9(5-6-10,7-11-2)8-3-4-8/h8H,3-7,10H2,1-2H3. The van der Waals surface area contributed by atoms with Crippen LogP contribution in [0, 0.1) is 11.3 Å². The second kappa shape index (κ2) is 3.55. The van der Waals surface area contributed by atoms with Gasteiger partial charge in [-0.2, -0.15) is 0 Å². The summed E-state index contributed by atoms with van der Waals surface area (Å²) < 4.78 is 5.21. The van der Waals surface area contributed by atoms with Gasteiger partial charge in [0, 0.05) is 7.11 Å². The van der Waals surface area contributed by atoms with Crippen molar-refractivity contribution in [3.63, 3.8) is 0 Å². The second-order valence-electron chi connectivity index (χ2n) is 3.90. The number of hydrogen-bond donors (Lipinski definition) is 1. The summed E-state index contributed by atoms with van der Waals surface area (Å²) in [5.74, 6) is 0.881. The molecule has 1 rings (SSSR count). The Morgan fingerprint density at radius 1 is 1.55 bits per heavy atom. The van der Waals surface area contributed by atoms with Crippen LogP contribution in [0.4, 0.5) is 0 Å². The maximum Gasteiger partial charge on any atom is 0.0519 e. The highest BCUT2D eigenvalue weighted by Gasteiger charge is 2.40. The van der Waals surface area contributed by atoms with Gasteiger partial charge in [-0.15, -0.1) is 0 Å². The molecule has 0 aliphatic heterocycles. The van der Waals surface area contributed by atoms with Crippen LogP contribution in [0.15, 0.2) is 0 Å². The SMILES string of the molecule is COCC(C)(CCN)C1CC1. The molecular formula is C9H19NO. The van der Waals surface area contributed by atoms with Gasteiger partial charge < -0.3 is 10.5 Å². The maximum atomic E-state index is 5.55. The average Bonchev–Trinajstić information content (AvgIpc) is 2.68. The monoisotopic (exact) mass is 157 g/mol. The smallest absolute Gasteiger partial charge is 0.0519 e. The molecule has 2 nitrogen and oxygen atoms in total. The van der Waals surface area contributed by atoms with E-state index in [1.54, 1.807) is 7.11 Å². The second-order valence-corrected chi connectivity index (χ2v) is 3.90. The number of hydrogen-bond acceptors (Lipinski definition) is 2. The van der Waals surface area contributed by atoms with Gasteiger partial charge in [-0.3, -0.25) is 0 Å². The first-order chi connectivity index (χ1) is 5.23. The molecule has 0 aromatic rings. The average molecular weight is 157 g/mol. The van der Waals surface area contributed by atoms with Gasteiger partial charge in [-0.25, -0.2) is 0 Å². The van der Waals surface area contributed by atoms with Gasteiger partial charge >= 0.3 is 0 Å². The highest BCUT2D eigenvalue weighted by molar-refractivity contribution is 4.91. The van der Waals surface area contributed by atoms with Gasteiger partial charge in [-0.1, -0.05) is 6.92 Å². The van der Waals surface area contributed by atoms with Crippen LogP contribution in [-0.4, -0.2) is 20.3 Å². The zero-order valence-electron chi connectivity index (χ0n) is 7.60. The van der Waals surface area contributed by atoms with E-state index in [0.29, 0.717) is 5.41 Å². The summed E-state index contributed by atoms with van der Waals surface area (Å²) in [6.45, 7) is 3.95. The molecule has 11 heavy (non-hydrogen) atoms. The normalized spacial score (nSPS) is 23.2. The molecular weight excluding hydrogens is 138 g/mol. The lowest BCUT2D eigenvalue weighted by molar-refractivity contribution is 0.0705. The molecule has 1 saturated carbocycles. The van der Waals surface area contributed by atoms with E-state index in [2.05, 4.69) is 6.92 Å². The van der Waals surface area contributed by atoms with E-state index in [1.807, 2.05) is 0 Å². The largest absolute Gasteiger partial charge is 0.384 e. The van der Waals surface area contributed by atoms with E-state index in [4.69, 9.17) is 10.5 Å². The molecule has 0 aromatic carbocycles. The van der Waals surface area contributed by atoms with Crippen LogP contribution in [0.5, 0.6) is 0 Å². The Hall–Kier alpha value is -0.0800. The number of ether oxygens (including phenoxy) is 1. The van der Waals surface area contributed by atoms with Crippen LogP contribution in [0.25, 0.3) is 0 Å². The molecule has 1 aliphatic carbocycles. The lowest BCUT2D eigenvalue weighted by Gasteiger charge is -2.28. The molecule has 0 saturated heterocycles. The van der Waals surface area contributed by atoms with E-state index < -0.39 is 0 Å². The van der Waals surface area contributed by atoms with Crippen molar-refractivity contribution < 1.29 is 4.74 Å². The van der Waals surface area contributed by atoms with Crippen LogP contribution in [0.1, 0.15) is 26.2 Å². The van der Waals surface area contributed by atoms with Crippen molar-refractivity contribution in [1.82, 2.24) is 0 Å². The fourth-order valence-corrected chi connectivity index (χ4v) is 1.83. The fraction of sp³-hybridized carbons (Fsp3) is 1.00. The van der Waals surface area contributed by atoms with Gasteiger partial charge in [0.25, 0.3) is 0 Å². The van der Waals surface area contributed by atoms with Crippen LogP contribution in [0.2, 0.25) is 0 Å². The zero-order chi connectivity index (χ0) is 8.32. The molecule has 1 aliphatic rings. The van der Waals surface area contributed by atoms with Crippen molar-refractivity contribution in [2.45, 2.75) is 26.2 Å². The Bertz CT molecular complexity index is 115. The Balaban J connectivity index is 2.39. The third-order valence-electron chi connectivity index (χ3n) is 2.75. The first-order valence-electron chi connectivity index (χ1n) is 4.42. The van der Waals surface area contributed by atoms with Gasteiger partial charge in [0.05, 0.1) is 6.61 Å².